The molecule has 0 fully saturated rings. The predicted molar refractivity (Wildman–Crippen MR) is 144 cm³/mol. The van der Waals surface area contributed by atoms with E-state index in [0.717, 1.165) is 4.31 Å². The lowest BCUT2D eigenvalue weighted by Gasteiger charge is -2.28. The van der Waals surface area contributed by atoms with E-state index < -0.39 is 21.7 Å². The number of hydrogen-bond acceptors (Lipinski definition) is 8. The Morgan fingerprint density at radius 3 is 1.92 bits per heavy atom. The Morgan fingerprint density at radius 2 is 1.38 bits per heavy atom. The first kappa shape index (κ1) is 31.0. The Labute approximate surface area is 227 Å². The number of halogens is 1. The van der Waals surface area contributed by atoms with E-state index in [1.807, 2.05) is 0 Å². The number of sulfonamides is 1. The second-order valence-electron chi connectivity index (χ2n) is 8.77. The van der Waals surface area contributed by atoms with E-state index in [-0.39, 0.29) is 31.6 Å². The van der Waals surface area contributed by atoms with Crippen molar-refractivity contribution in [1.82, 2.24) is 0 Å². The molecule has 2 rings (SSSR count). The van der Waals surface area contributed by atoms with Crippen molar-refractivity contribution in [3.63, 3.8) is 0 Å². The van der Waals surface area contributed by atoms with Crippen molar-refractivity contribution in [2.24, 2.45) is 0 Å². The molecule has 37 heavy (non-hydrogen) atoms. The second-order valence-corrected chi connectivity index (χ2v) is 11.5. The zero-order valence-electron chi connectivity index (χ0n) is 21.8. The molecule has 2 aromatic carbocycles. The summed E-state index contributed by atoms with van der Waals surface area (Å²) in [4.78, 5) is 14.3. The highest BCUT2D eigenvalue weighted by Gasteiger charge is 2.28. The van der Waals surface area contributed by atoms with Gasteiger partial charge in [-0.25, -0.2) is 17.5 Å². The van der Waals surface area contributed by atoms with E-state index >= 15 is 0 Å². The van der Waals surface area contributed by atoms with Crippen LogP contribution in [0.2, 0.25) is 0 Å². The monoisotopic (exact) mass is 602 g/mol. The summed E-state index contributed by atoms with van der Waals surface area (Å²) in [6.07, 6.45) is -0.599. The third-order valence-electron chi connectivity index (χ3n) is 4.76. The number of anilines is 2. The molecule has 0 bridgehead atoms. The molecule has 206 valence electrons. The van der Waals surface area contributed by atoms with Gasteiger partial charge in [0.15, 0.2) is 0 Å². The van der Waals surface area contributed by atoms with Crippen LogP contribution < -0.4 is 9.21 Å². The molecule has 2 aromatic rings. The molecule has 0 saturated carbocycles. The van der Waals surface area contributed by atoms with Crippen molar-refractivity contribution in [2.75, 3.05) is 63.3 Å². The Kier molecular flexibility index (Phi) is 12.3. The van der Waals surface area contributed by atoms with Crippen molar-refractivity contribution in [1.29, 1.82) is 0 Å². The Bertz CT molecular complexity index is 1090. The number of benzene rings is 2. The lowest BCUT2D eigenvalue weighted by molar-refractivity contribution is 0.0412. The number of nitrogens with zero attached hydrogens (tertiary/aromatic N) is 2. The highest BCUT2D eigenvalue weighted by molar-refractivity contribution is 9.10. The normalized spacial score (nSPS) is 11.8. The van der Waals surface area contributed by atoms with E-state index in [4.69, 9.17) is 23.7 Å². The van der Waals surface area contributed by atoms with Crippen LogP contribution in [0.4, 0.5) is 16.2 Å². The molecule has 12 heteroatoms. The van der Waals surface area contributed by atoms with Crippen LogP contribution in [0.1, 0.15) is 20.8 Å². The zero-order valence-corrected chi connectivity index (χ0v) is 24.2. The van der Waals surface area contributed by atoms with Crippen LogP contribution in [0.5, 0.6) is 0 Å². The molecule has 0 aliphatic heterocycles. The summed E-state index contributed by atoms with van der Waals surface area (Å²) in [7, 11) is -0.898. The molecule has 0 radical (unpaired) electrons. The Balaban J connectivity index is 2.38. The van der Waals surface area contributed by atoms with Crippen molar-refractivity contribution >= 4 is 43.4 Å². The minimum Gasteiger partial charge on any atom is -0.443 e. The number of carbonyl (C=O) groups is 1. The summed E-state index contributed by atoms with van der Waals surface area (Å²) >= 11 is 3.32. The number of hydrogen-bond donors (Lipinski definition) is 0. The van der Waals surface area contributed by atoms with Crippen LogP contribution in [-0.2, 0) is 33.7 Å². The highest BCUT2D eigenvalue weighted by Crippen LogP contribution is 2.30. The molecular formula is C25H35BrN2O8S. The molecule has 0 unspecified atom stereocenters. The molecule has 0 N–H and O–H groups in total. The van der Waals surface area contributed by atoms with Crippen molar-refractivity contribution < 1.29 is 36.9 Å². The fourth-order valence-electron chi connectivity index (χ4n) is 2.99. The van der Waals surface area contributed by atoms with E-state index in [1.165, 1.54) is 18.1 Å². The van der Waals surface area contributed by atoms with Gasteiger partial charge >= 0.3 is 6.09 Å². The standard InChI is InChI=1S/C25H35BrN2O8S/c1-25(2,3)36-24(29)27(18-34-16-14-32-4)20-10-12-21(13-11-20)28(19-35-17-15-33-5)37(30,31)23-9-7-6-8-22(23)26/h6-13H,14-19H2,1-5H3. The molecule has 0 aliphatic rings. The quantitative estimate of drug-likeness (QED) is 0.228. The van der Waals surface area contributed by atoms with Gasteiger partial charge in [0, 0.05) is 24.4 Å². The van der Waals surface area contributed by atoms with E-state index in [2.05, 4.69) is 15.9 Å². The summed E-state index contributed by atoms with van der Waals surface area (Å²) in [5.41, 5.74) is 0.102. The minimum atomic E-state index is -3.99. The van der Waals surface area contributed by atoms with Crippen LogP contribution in [-0.4, -0.2) is 74.2 Å². The van der Waals surface area contributed by atoms with Gasteiger partial charge in [-0.15, -0.1) is 0 Å². The first-order valence-corrected chi connectivity index (χ1v) is 13.8. The maximum atomic E-state index is 13.6. The number of rotatable bonds is 14. The van der Waals surface area contributed by atoms with Gasteiger partial charge in [0.25, 0.3) is 10.0 Å². The first-order chi connectivity index (χ1) is 17.5. The average molecular weight is 604 g/mol. The highest BCUT2D eigenvalue weighted by atomic mass is 79.9. The lowest BCUT2D eigenvalue weighted by atomic mass is 10.2. The van der Waals surface area contributed by atoms with Crippen LogP contribution in [0.25, 0.3) is 0 Å². The smallest absolute Gasteiger partial charge is 0.416 e. The lowest BCUT2D eigenvalue weighted by Crippen LogP contribution is -2.38. The topological polar surface area (TPSA) is 104 Å². The SMILES string of the molecule is COCCOCN(C(=O)OC(C)(C)C)c1ccc(N(COCCOC)S(=O)(=O)c2ccccc2Br)cc1. The first-order valence-electron chi connectivity index (χ1n) is 11.5. The fourth-order valence-corrected chi connectivity index (χ4v) is 5.31. The van der Waals surface area contributed by atoms with Gasteiger partial charge in [0.2, 0.25) is 0 Å². The van der Waals surface area contributed by atoms with Gasteiger partial charge in [0.1, 0.15) is 24.0 Å². The van der Waals surface area contributed by atoms with Gasteiger partial charge in [-0.1, -0.05) is 12.1 Å². The maximum absolute atomic E-state index is 13.6. The van der Waals surface area contributed by atoms with Gasteiger partial charge in [-0.05, 0) is 73.1 Å². The van der Waals surface area contributed by atoms with E-state index in [1.54, 1.807) is 70.3 Å². The molecule has 0 aliphatic carbocycles. The van der Waals surface area contributed by atoms with Gasteiger partial charge < -0.3 is 23.7 Å². The van der Waals surface area contributed by atoms with Crippen LogP contribution >= 0.6 is 15.9 Å². The van der Waals surface area contributed by atoms with Crippen LogP contribution in [0.15, 0.2) is 57.9 Å². The molecule has 0 heterocycles. The maximum Gasteiger partial charge on any atom is 0.416 e. The Hall–Kier alpha value is -2.22. The van der Waals surface area contributed by atoms with Crippen molar-refractivity contribution in [3.8, 4) is 0 Å². The number of carbonyl (C=O) groups excluding carboxylic acids is 1. The minimum absolute atomic E-state index is 0.0727. The third-order valence-corrected chi connectivity index (χ3v) is 7.52. The van der Waals surface area contributed by atoms with E-state index in [9.17, 15) is 13.2 Å². The molecule has 0 spiro atoms. The molecule has 0 aromatic heterocycles. The summed E-state index contributed by atoms with van der Waals surface area (Å²) < 4.78 is 55.4. The van der Waals surface area contributed by atoms with Crippen LogP contribution in [0, 0.1) is 0 Å². The van der Waals surface area contributed by atoms with Crippen molar-refractivity contribution in [2.45, 2.75) is 31.3 Å². The van der Waals surface area contributed by atoms with Crippen LogP contribution in [0.3, 0.4) is 0 Å². The summed E-state index contributed by atoms with van der Waals surface area (Å²) in [6.45, 7) is 6.18. The average Bonchev–Trinajstić information content (AvgIpc) is 2.83. The predicted octanol–water partition coefficient (Wildman–Crippen LogP) is 4.63. The van der Waals surface area contributed by atoms with Crippen molar-refractivity contribution in [3.05, 3.63) is 53.0 Å². The molecule has 0 saturated heterocycles. The second kappa shape index (κ2) is 14.6. The fraction of sp³-hybridized carbons (Fsp3) is 0.480. The number of methoxy groups -OCH3 is 2. The van der Waals surface area contributed by atoms with E-state index in [0.29, 0.717) is 29.1 Å². The molecule has 1 amide bonds. The summed E-state index contributed by atoms with van der Waals surface area (Å²) in [6, 6.07) is 13.0. The Morgan fingerprint density at radius 1 is 0.838 bits per heavy atom. The number of amides is 1. The number of ether oxygens (including phenoxy) is 5. The molecular weight excluding hydrogens is 568 g/mol. The third kappa shape index (κ3) is 9.55. The van der Waals surface area contributed by atoms with Gasteiger partial charge in [0.05, 0.1) is 32.1 Å². The van der Waals surface area contributed by atoms with Gasteiger partial charge in [-0.3, -0.25) is 4.90 Å². The van der Waals surface area contributed by atoms with Gasteiger partial charge in [-0.2, -0.15) is 0 Å². The summed E-state index contributed by atoms with van der Waals surface area (Å²) in [5, 5.41) is 0. The summed E-state index contributed by atoms with van der Waals surface area (Å²) in [5.74, 6) is 0. The largest absolute Gasteiger partial charge is 0.443 e. The molecule has 0 atom stereocenters. The zero-order chi connectivity index (χ0) is 27.5. The molecule has 10 nitrogen and oxygen atoms in total.